The van der Waals surface area contributed by atoms with Gasteiger partial charge in [-0.15, -0.1) is 0 Å². The fourth-order valence-corrected chi connectivity index (χ4v) is 2.86. The monoisotopic (exact) mass is 308 g/mol. The quantitative estimate of drug-likeness (QED) is 0.686. The third-order valence-electron chi connectivity index (χ3n) is 3.50. The van der Waals surface area contributed by atoms with Crippen molar-refractivity contribution in [3.63, 3.8) is 0 Å². The summed E-state index contributed by atoms with van der Waals surface area (Å²) in [4.78, 5) is 13.9. The van der Waals surface area contributed by atoms with Gasteiger partial charge < -0.3 is 15.0 Å². The first-order chi connectivity index (χ1) is 9.99. The van der Waals surface area contributed by atoms with Gasteiger partial charge in [-0.2, -0.15) is 0 Å². The molecular formula is C15H17FN2O2S. The number of benzene rings is 1. The molecule has 2 rings (SSSR count). The molecule has 0 aliphatic carbocycles. The van der Waals surface area contributed by atoms with Gasteiger partial charge >= 0.3 is 5.97 Å². The van der Waals surface area contributed by atoms with E-state index in [0.717, 1.165) is 5.70 Å². The molecule has 0 amide bonds. The van der Waals surface area contributed by atoms with E-state index in [1.807, 2.05) is 18.7 Å². The van der Waals surface area contributed by atoms with Crippen LogP contribution in [0.15, 0.2) is 35.5 Å². The lowest BCUT2D eigenvalue weighted by atomic mass is 9.95. The van der Waals surface area contributed by atoms with E-state index in [9.17, 15) is 9.18 Å². The summed E-state index contributed by atoms with van der Waals surface area (Å²) in [7, 11) is 1.33. The summed E-state index contributed by atoms with van der Waals surface area (Å²) in [6.07, 6.45) is 0. The van der Waals surface area contributed by atoms with E-state index < -0.39 is 12.0 Å². The predicted octanol–water partition coefficient (Wildman–Crippen LogP) is 2.52. The van der Waals surface area contributed by atoms with E-state index in [-0.39, 0.29) is 5.82 Å². The molecule has 1 aliphatic rings. The van der Waals surface area contributed by atoms with E-state index in [1.165, 1.54) is 19.2 Å². The first-order valence-electron chi connectivity index (χ1n) is 6.62. The highest BCUT2D eigenvalue weighted by Gasteiger charge is 2.33. The van der Waals surface area contributed by atoms with Gasteiger partial charge in [0.1, 0.15) is 5.82 Å². The molecule has 0 unspecified atom stereocenters. The van der Waals surface area contributed by atoms with E-state index in [0.29, 0.717) is 22.8 Å². The van der Waals surface area contributed by atoms with Crippen LogP contribution in [-0.4, -0.2) is 29.6 Å². The lowest BCUT2D eigenvalue weighted by Crippen LogP contribution is -2.47. The lowest BCUT2D eigenvalue weighted by molar-refractivity contribution is -0.136. The number of carbonyl (C=O) groups is 1. The van der Waals surface area contributed by atoms with Crippen molar-refractivity contribution in [2.45, 2.75) is 19.9 Å². The summed E-state index contributed by atoms with van der Waals surface area (Å²) in [6, 6.07) is 5.59. The fourth-order valence-electron chi connectivity index (χ4n) is 2.47. The Bertz CT molecular complexity index is 615. The molecule has 6 heteroatoms. The highest BCUT2D eigenvalue weighted by atomic mass is 32.1. The number of nitrogens with one attached hydrogen (secondary N) is 1. The van der Waals surface area contributed by atoms with E-state index in [1.54, 1.807) is 12.1 Å². The molecule has 112 valence electrons. The average Bonchev–Trinajstić information content (AvgIpc) is 2.46. The van der Waals surface area contributed by atoms with E-state index in [2.05, 4.69) is 5.32 Å². The van der Waals surface area contributed by atoms with Crippen LogP contribution in [0.4, 0.5) is 4.39 Å². The Morgan fingerprint density at radius 1 is 1.52 bits per heavy atom. The Morgan fingerprint density at radius 2 is 2.24 bits per heavy atom. The minimum Gasteiger partial charge on any atom is -0.466 e. The van der Waals surface area contributed by atoms with Gasteiger partial charge in [-0.1, -0.05) is 12.1 Å². The number of hydrogen-bond acceptors (Lipinski definition) is 3. The van der Waals surface area contributed by atoms with Crippen molar-refractivity contribution in [2.24, 2.45) is 0 Å². The third kappa shape index (κ3) is 2.90. The van der Waals surface area contributed by atoms with E-state index in [4.69, 9.17) is 17.0 Å². The Morgan fingerprint density at radius 3 is 2.81 bits per heavy atom. The van der Waals surface area contributed by atoms with Gasteiger partial charge in [0.2, 0.25) is 0 Å². The largest absolute Gasteiger partial charge is 0.466 e. The lowest BCUT2D eigenvalue weighted by Gasteiger charge is -2.36. The molecule has 0 radical (unpaired) electrons. The van der Waals surface area contributed by atoms with Gasteiger partial charge in [0, 0.05) is 12.2 Å². The topological polar surface area (TPSA) is 41.6 Å². The SMILES string of the molecule is CCN1C(=S)N[C@@H](c2cccc(F)c2)C(C(=O)OC)=C1C. The Balaban J connectivity index is 2.55. The summed E-state index contributed by atoms with van der Waals surface area (Å²) in [5.41, 5.74) is 1.80. The molecule has 1 heterocycles. The zero-order chi connectivity index (χ0) is 15.6. The van der Waals surface area contributed by atoms with Crippen molar-refractivity contribution in [1.29, 1.82) is 0 Å². The molecule has 0 fully saturated rings. The van der Waals surface area contributed by atoms with Crippen LogP contribution in [0.2, 0.25) is 0 Å². The average molecular weight is 308 g/mol. The maximum atomic E-state index is 13.5. The zero-order valence-corrected chi connectivity index (χ0v) is 13.0. The summed E-state index contributed by atoms with van der Waals surface area (Å²) in [5, 5.41) is 3.60. The second-order valence-corrected chi connectivity index (χ2v) is 5.06. The smallest absolute Gasteiger partial charge is 0.337 e. The number of halogens is 1. The summed E-state index contributed by atoms with van der Waals surface area (Å²) >= 11 is 5.32. The molecule has 0 aromatic heterocycles. The molecule has 1 aromatic rings. The van der Waals surface area contributed by atoms with Crippen LogP contribution in [0.5, 0.6) is 0 Å². The molecular weight excluding hydrogens is 291 g/mol. The van der Waals surface area contributed by atoms with Crippen LogP contribution in [0.3, 0.4) is 0 Å². The minimum absolute atomic E-state index is 0.361. The van der Waals surface area contributed by atoms with Gasteiger partial charge in [-0.05, 0) is 43.8 Å². The number of allylic oxidation sites excluding steroid dienone is 1. The van der Waals surface area contributed by atoms with Gasteiger partial charge in [-0.3, -0.25) is 0 Å². The maximum absolute atomic E-state index is 13.5. The molecule has 1 N–H and O–H groups in total. The Hall–Kier alpha value is -1.95. The van der Waals surface area contributed by atoms with Crippen molar-refractivity contribution >= 4 is 23.3 Å². The summed E-state index contributed by atoms with van der Waals surface area (Å²) in [6.45, 7) is 4.39. The first-order valence-corrected chi connectivity index (χ1v) is 7.03. The van der Waals surface area contributed by atoms with Crippen LogP contribution >= 0.6 is 12.2 Å². The van der Waals surface area contributed by atoms with Gasteiger partial charge in [-0.25, -0.2) is 9.18 Å². The van der Waals surface area contributed by atoms with Crippen LogP contribution in [0.25, 0.3) is 0 Å². The van der Waals surface area contributed by atoms with Crippen molar-refractivity contribution in [2.75, 3.05) is 13.7 Å². The van der Waals surface area contributed by atoms with Gasteiger partial charge in [0.15, 0.2) is 5.11 Å². The van der Waals surface area contributed by atoms with Crippen LogP contribution in [-0.2, 0) is 9.53 Å². The highest BCUT2D eigenvalue weighted by molar-refractivity contribution is 7.80. The van der Waals surface area contributed by atoms with Crippen LogP contribution in [0.1, 0.15) is 25.5 Å². The number of methoxy groups -OCH3 is 1. The second-order valence-electron chi connectivity index (χ2n) is 4.67. The Labute approximate surface area is 128 Å². The molecule has 1 aromatic carbocycles. The summed E-state index contributed by atoms with van der Waals surface area (Å²) < 4.78 is 18.3. The zero-order valence-electron chi connectivity index (χ0n) is 12.1. The molecule has 1 aliphatic heterocycles. The number of rotatable bonds is 3. The summed E-state index contributed by atoms with van der Waals surface area (Å²) in [5.74, 6) is -0.810. The molecule has 1 atom stereocenters. The minimum atomic E-state index is -0.511. The Kier molecular flexibility index (Phi) is 4.57. The molecule has 0 saturated heterocycles. The third-order valence-corrected chi connectivity index (χ3v) is 3.84. The second kappa shape index (κ2) is 6.22. The number of nitrogens with zero attached hydrogens (tertiary/aromatic N) is 1. The van der Waals surface area contributed by atoms with Crippen molar-refractivity contribution < 1.29 is 13.9 Å². The standard InChI is InChI=1S/C15H17FN2O2S/c1-4-18-9(2)12(14(19)20-3)13(17-15(18)21)10-6-5-7-11(16)8-10/h5-8,13H,4H2,1-3H3,(H,17,21)/t13-/m0/s1. The normalized spacial score (nSPS) is 18.6. The number of ether oxygens (including phenoxy) is 1. The fraction of sp³-hybridized carbons (Fsp3) is 0.333. The molecule has 4 nitrogen and oxygen atoms in total. The number of carbonyl (C=O) groups excluding carboxylic acids is 1. The molecule has 0 bridgehead atoms. The number of thiocarbonyl (C=S) groups is 1. The number of esters is 1. The van der Waals surface area contributed by atoms with Crippen LogP contribution in [0, 0.1) is 5.82 Å². The van der Waals surface area contributed by atoms with Crippen molar-refractivity contribution in [3.8, 4) is 0 Å². The maximum Gasteiger partial charge on any atom is 0.337 e. The predicted molar refractivity (Wildman–Crippen MR) is 82.0 cm³/mol. The van der Waals surface area contributed by atoms with Crippen LogP contribution < -0.4 is 5.32 Å². The first kappa shape index (κ1) is 15.4. The van der Waals surface area contributed by atoms with Gasteiger partial charge in [0.25, 0.3) is 0 Å². The van der Waals surface area contributed by atoms with Crippen molar-refractivity contribution in [3.05, 3.63) is 46.9 Å². The molecule has 0 saturated carbocycles. The highest BCUT2D eigenvalue weighted by Crippen LogP contribution is 2.31. The molecule has 0 spiro atoms. The van der Waals surface area contributed by atoms with E-state index >= 15 is 0 Å². The van der Waals surface area contributed by atoms with Crippen molar-refractivity contribution in [1.82, 2.24) is 10.2 Å². The number of hydrogen-bond donors (Lipinski definition) is 1. The van der Waals surface area contributed by atoms with Gasteiger partial charge in [0.05, 0.1) is 18.7 Å². The molecule has 21 heavy (non-hydrogen) atoms.